The molecule has 3 nitrogen and oxygen atoms in total. The molecule has 1 heterocycles. The van der Waals surface area contributed by atoms with Gasteiger partial charge in [-0.15, -0.1) is 11.3 Å². The molecule has 1 fully saturated rings. The van der Waals surface area contributed by atoms with Crippen molar-refractivity contribution in [2.75, 3.05) is 5.32 Å². The van der Waals surface area contributed by atoms with E-state index in [1.807, 2.05) is 30.3 Å². The summed E-state index contributed by atoms with van der Waals surface area (Å²) in [5.41, 5.74) is 3.15. The largest absolute Gasteiger partial charge is 0.326 e. The van der Waals surface area contributed by atoms with Crippen LogP contribution in [0.25, 0.3) is 10.2 Å². The minimum atomic E-state index is 0.149. The molecule has 1 aliphatic carbocycles. The molecule has 2 atom stereocenters. The van der Waals surface area contributed by atoms with Crippen LogP contribution < -0.4 is 5.32 Å². The first-order valence-corrected chi connectivity index (χ1v) is 8.75. The number of nitrogens with one attached hydrogen (secondary N) is 1. The summed E-state index contributed by atoms with van der Waals surface area (Å²) in [7, 11) is 0. The highest BCUT2D eigenvalue weighted by Crippen LogP contribution is 2.38. The third-order valence-corrected chi connectivity index (χ3v) is 5.40. The lowest BCUT2D eigenvalue weighted by atomic mass is 10.1. The molecule has 1 saturated carbocycles. The van der Waals surface area contributed by atoms with Crippen molar-refractivity contribution < 1.29 is 4.79 Å². The van der Waals surface area contributed by atoms with Crippen LogP contribution in [-0.2, 0) is 11.2 Å². The normalized spacial score (nSPS) is 19.7. The van der Waals surface area contributed by atoms with E-state index in [2.05, 4.69) is 35.4 Å². The number of para-hydroxylation sites is 1. The third kappa shape index (κ3) is 3.13. The van der Waals surface area contributed by atoms with Crippen molar-refractivity contribution in [2.45, 2.75) is 19.8 Å². The van der Waals surface area contributed by atoms with Gasteiger partial charge in [0.05, 0.1) is 15.2 Å². The summed E-state index contributed by atoms with van der Waals surface area (Å²) in [6.45, 7) is 2.12. The number of hydrogen-bond acceptors (Lipinski definition) is 3. The number of benzene rings is 2. The second-order valence-electron chi connectivity index (χ2n) is 6.26. The fraction of sp³-hybridized carbons (Fsp3) is 0.263. The average molecular weight is 322 g/mol. The van der Waals surface area contributed by atoms with Crippen LogP contribution >= 0.6 is 11.3 Å². The zero-order valence-corrected chi connectivity index (χ0v) is 13.8. The smallest absolute Gasteiger partial charge is 0.227 e. The number of anilines is 1. The van der Waals surface area contributed by atoms with Gasteiger partial charge in [0.15, 0.2) is 0 Å². The number of aromatic nitrogens is 1. The molecular formula is C19H18N2OS. The van der Waals surface area contributed by atoms with E-state index in [-0.39, 0.29) is 11.8 Å². The van der Waals surface area contributed by atoms with Gasteiger partial charge >= 0.3 is 0 Å². The highest BCUT2D eigenvalue weighted by atomic mass is 32.1. The number of thiazole rings is 1. The Kier molecular flexibility index (Phi) is 3.62. The van der Waals surface area contributed by atoms with Gasteiger partial charge in [-0.05, 0) is 42.2 Å². The predicted octanol–water partition coefficient (Wildman–Crippen LogP) is 4.48. The molecule has 116 valence electrons. The summed E-state index contributed by atoms with van der Waals surface area (Å²) in [5.74, 6) is 0.891. The quantitative estimate of drug-likeness (QED) is 0.769. The Morgan fingerprint density at radius 1 is 1.22 bits per heavy atom. The van der Waals surface area contributed by atoms with Crippen LogP contribution in [0, 0.1) is 11.8 Å². The Morgan fingerprint density at radius 3 is 2.65 bits per heavy atom. The Labute approximate surface area is 139 Å². The summed E-state index contributed by atoms with van der Waals surface area (Å²) < 4.78 is 1.23. The van der Waals surface area contributed by atoms with Crippen LogP contribution in [0.3, 0.4) is 0 Å². The Balaban J connectivity index is 1.44. The molecule has 23 heavy (non-hydrogen) atoms. The van der Waals surface area contributed by atoms with Crippen LogP contribution in [0.15, 0.2) is 48.5 Å². The van der Waals surface area contributed by atoms with E-state index < -0.39 is 0 Å². The van der Waals surface area contributed by atoms with Gasteiger partial charge in [-0.1, -0.05) is 31.2 Å². The maximum atomic E-state index is 11.9. The van der Waals surface area contributed by atoms with Gasteiger partial charge < -0.3 is 5.32 Å². The fourth-order valence-electron chi connectivity index (χ4n) is 2.80. The van der Waals surface area contributed by atoms with Crippen molar-refractivity contribution in [1.29, 1.82) is 0 Å². The number of rotatable bonds is 4. The molecule has 1 aromatic heterocycles. The topological polar surface area (TPSA) is 42.0 Å². The highest BCUT2D eigenvalue weighted by Gasteiger charge is 2.38. The number of hydrogen-bond donors (Lipinski definition) is 1. The van der Waals surface area contributed by atoms with Crippen LogP contribution in [0.4, 0.5) is 5.69 Å². The molecule has 0 unspecified atom stereocenters. The molecule has 0 aliphatic heterocycles. The van der Waals surface area contributed by atoms with Crippen molar-refractivity contribution in [1.82, 2.24) is 4.98 Å². The third-order valence-electron chi connectivity index (χ3n) is 4.36. The van der Waals surface area contributed by atoms with E-state index in [0.29, 0.717) is 5.92 Å². The second kappa shape index (κ2) is 5.78. The first-order valence-electron chi connectivity index (χ1n) is 7.93. The van der Waals surface area contributed by atoms with E-state index in [1.54, 1.807) is 11.3 Å². The standard InChI is InChI=1S/C19H18N2OS/c1-12-10-15(12)19(22)20-14-8-6-13(7-9-14)11-18-21-16-4-2-3-5-17(16)23-18/h2-9,12,15H,10-11H2,1H3,(H,20,22)/t12-,15+/m1/s1. The van der Waals surface area contributed by atoms with Gasteiger partial charge in [-0.3, -0.25) is 4.79 Å². The Morgan fingerprint density at radius 2 is 1.96 bits per heavy atom. The lowest BCUT2D eigenvalue weighted by molar-refractivity contribution is -0.117. The fourth-order valence-corrected chi connectivity index (χ4v) is 3.80. The van der Waals surface area contributed by atoms with Gasteiger partial charge in [0.25, 0.3) is 0 Å². The number of fused-ring (bicyclic) bond motifs is 1. The summed E-state index contributed by atoms with van der Waals surface area (Å²) in [4.78, 5) is 16.6. The van der Waals surface area contributed by atoms with Gasteiger partial charge in [0.1, 0.15) is 0 Å². The molecular weight excluding hydrogens is 304 g/mol. The summed E-state index contributed by atoms with van der Waals surface area (Å²) in [6, 6.07) is 16.3. The minimum absolute atomic E-state index is 0.149. The summed E-state index contributed by atoms with van der Waals surface area (Å²) >= 11 is 1.74. The van der Waals surface area contributed by atoms with E-state index in [0.717, 1.165) is 29.1 Å². The molecule has 4 rings (SSSR count). The van der Waals surface area contributed by atoms with Crippen LogP contribution in [-0.4, -0.2) is 10.9 Å². The number of amides is 1. The van der Waals surface area contributed by atoms with Gasteiger partial charge in [-0.25, -0.2) is 4.98 Å². The number of carbonyl (C=O) groups is 1. The van der Waals surface area contributed by atoms with Crippen molar-refractivity contribution in [3.63, 3.8) is 0 Å². The lowest BCUT2D eigenvalue weighted by Gasteiger charge is -2.05. The van der Waals surface area contributed by atoms with E-state index in [1.165, 1.54) is 10.3 Å². The van der Waals surface area contributed by atoms with Crippen LogP contribution in [0.2, 0.25) is 0 Å². The SMILES string of the molecule is C[C@@H]1C[C@@H]1C(=O)Nc1ccc(Cc2nc3ccccc3s2)cc1. The molecule has 1 N–H and O–H groups in total. The van der Waals surface area contributed by atoms with Gasteiger partial charge in [0, 0.05) is 18.0 Å². The Bertz CT molecular complexity index is 820. The van der Waals surface area contributed by atoms with Gasteiger partial charge in [0.2, 0.25) is 5.91 Å². The molecule has 1 amide bonds. The van der Waals surface area contributed by atoms with Crippen molar-refractivity contribution in [3.05, 3.63) is 59.1 Å². The van der Waals surface area contributed by atoms with Crippen LogP contribution in [0.1, 0.15) is 23.9 Å². The monoisotopic (exact) mass is 322 g/mol. The average Bonchev–Trinajstić information content (AvgIpc) is 3.15. The van der Waals surface area contributed by atoms with E-state index in [9.17, 15) is 4.79 Å². The van der Waals surface area contributed by atoms with Crippen molar-refractivity contribution >= 4 is 33.1 Å². The molecule has 0 radical (unpaired) electrons. The Hall–Kier alpha value is -2.20. The molecule has 4 heteroatoms. The lowest BCUT2D eigenvalue weighted by Crippen LogP contribution is -2.14. The van der Waals surface area contributed by atoms with Gasteiger partial charge in [-0.2, -0.15) is 0 Å². The van der Waals surface area contributed by atoms with E-state index in [4.69, 9.17) is 0 Å². The number of nitrogens with zero attached hydrogens (tertiary/aromatic N) is 1. The molecule has 2 aromatic carbocycles. The second-order valence-corrected chi connectivity index (χ2v) is 7.37. The first-order chi connectivity index (χ1) is 11.2. The summed E-state index contributed by atoms with van der Waals surface area (Å²) in [5, 5.41) is 4.12. The first kappa shape index (κ1) is 14.4. The minimum Gasteiger partial charge on any atom is -0.326 e. The molecule has 3 aromatic rings. The molecule has 1 aliphatic rings. The highest BCUT2D eigenvalue weighted by molar-refractivity contribution is 7.18. The maximum absolute atomic E-state index is 11.9. The molecule has 0 spiro atoms. The summed E-state index contributed by atoms with van der Waals surface area (Å²) in [6.07, 6.45) is 1.84. The predicted molar refractivity (Wildman–Crippen MR) is 94.8 cm³/mol. The van der Waals surface area contributed by atoms with Crippen molar-refractivity contribution in [2.24, 2.45) is 11.8 Å². The maximum Gasteiger partial charge on any atom is 0.227 e. The number of carbonyl (C=O) groups excluding carboxylic acids is 1. The van der Waals surface area contributed by atoms with E-state index >= 15 is 0 Å². The zero-order valence-electron chi connectivity index (χ0n) is 13.0. The van der Waals surface area contributed by atoms with Crippen molar-refractivity contribution in [3.8, 4) is 0 Å². The van der Waals surface area contributed by atoms with Crippen LogP contribution in [0.5, 0.6) is 0 Å². The molecule has 0 saturated heterocycles. The zero-order chi connectivity index (χ0) is 15.8. The molecule has 0 bridgehead atoms.